The number of aromatic amines is 1. The maximum absolute atomic E-state index is 11.9. The van der Waals surface area contributed by atoms with Crippen LogP contribution >= 0.6 is 15.6 Å². The lowest BCUT2D eigenvalue weighted by molar-refractivity contribution is -0.0552. The normalized spacial score (nSPS) is 28.7. The minimum Gasteiger partial charge on any atom is -0.396 e. The number of nitrogens with one attached hydrogen (secondary N) is 1. The van der Waals surface area contributed by atoms with Crippen LogP contribution in [0.3, 0.4) is 0 Å². The van der Waals surface area contributed by atoms with Crippen molar-refractivity contribution in [2.24, 2.45) is 0 Å². The van der Waals surface area contributed by atoms with Gasteiger partial charge >= 0.3 is 21.3 Å². The summed E-state index contributed by atoms with van der Waals surface area (Å²) in [5.41, 5.74) is -2.54. The average molecular weight is 420 g/mol. The van der Waals surface area contributed by atoms with Gasteiger partial charge in [0.15, 0.2) is 6.23 Å². The lowest BCUT2D eigenvalue weighted by atomic mass is 10.1. The van der Waals surface area contributed by atoms with E-state index in [1.165, 1.54) is 0 Å². The maximum atomic E-state index is 11.9. The first kappa shape index (κ1) is 20.9. The Morgan fingerprint density at radius 2 is 1.81 bits per heavy atom. The van der Waals surface area contributed by atoms with Crippen molar-refractivity contribution >= 4 is 15.6 Å². The quantitative estimate of drug-likeness (QED) is 0.224. The van der Waals surface area contributed by atoms with Gasteiger partial charge in [0.25, 0.3) is 5.56 Å². The lowest BCUT2D eigenvalue weighted by Gasteiger charge is -2.18. The molecule has 26 heavy (non-hydrogen) atoms. The third-order valence-corrected chi connectivity index (χ3v) is 5.25. The Kier molecular flexibility index (Phi) is 5.90. The summed E-state index contributed by atoms with van der Waals surface area (Å²) < 4.78 is 35.4. The van der Waals surface area contributed by atoms with Gasteiger partial charge in [0.1, 0.15) is 18.3 Å². The molecule has 1 aliphatic rings. The predicted molar refractivity (Wildman–Crippen MR) is 77.9 cm³/mol. The van der Waals surface area contributed by atoms with Crippen molar-refractivity contribution in [1.82, 2.24) is 9.55 Å². The third kappa shape index (κ3) is 4.66. The molecule has 1 aromatic rings. The highest BCUT2D eigenvalue weighted by atomic mass is 31.3. The first-order chi connectivity index (χ1) is 11.8. The van der Waals surface area contributed by atoms with E-state index >= 15 is 0 Å². The number of ether oxygens (including phenoxy) is 1. The molecular weight excluding hydrogens is 406 g/mol. The Morgan fingerprint density at radius 3 is 2.31 bits per heavy atom. The van der Waals surface area contributed by atoms with E-state index in [4.69, 9.17) is 19.6 Å². The predicted octanol–water partition coefficient (Wildman–Crippen LogP) is -3.26. The smallest absolute Gasteiger partial charge is 0.396 e. The molecule has 5 unspecified atom stereocenters. The van der Waals surface area contributed by atoms with Crippen LogP contribution in [0.15, 0.2) is 15.8 Å². The molecule has 2 rings (SSSR count). The Labute approximate surface area is 142 Å². The number of phosphoric ester groups is 1. The molecule has 148 valence electrons. The van der Waals surface area contributed by atoms with Crippen LogP contribution in [0.25, 0.3) is 0 Å². The van der Waals surface area contributed by atoms with E-state index in [1.54, 1.807) is 4.98 Å². The molecular formula is C9H14N2O13P2. The van der Waals surface area contributed by atoms with E-state index in [2.05, 4.69) is 8.83 Å². The number of H-pyrrole nitrogens is 1. The highest BCUT2D eigenvalue weighted by molar-refractivity contribution is 7.60. The van der Waals surface area contributed by atoms with Crippen LogP contribution in [0.5, 0.6) is 5.75 Å². The molecule has 0 aromatic carbocycles. The Hall–Kier alpha value is -1.38. The summed E-state index contributed by atoms with van der Waals surface area (Å²) in [5.74, 6) is -1.08. The van der Waals surface area contributed by atoms with Crippen LogP contribution < -0.4 is 15.8 Å². The molecule has 0 amide bonds. The highest BCUT2D eigenvalue weighted by Gasteiger charge is 2.44. The zero-order valence-electron chi connectivity index (χ0n) is 12.5. The Morgan fingerprint density at radius 1 is 1.19 bits per heavy atom. The minimum absolute atomic E-state index is 0.470. The van der Waals surface area contributed by atoms with E-state index in [1.807, 2.05) is 0 Å². The third-order valence-electron chi connectivity index (χ3n) is 3.15. The number of rotatable bonds is 6. The zero-order chi connectivity index (χ0) is 19.9. The van der Waals surface area contributed by atoms with Gasteiger partial charge in [-0.05, 0) is 0 Å². The summed E-state index contributed by atoms with van der Waals surface area (Å²) in [7, 11) is -10.9. The second kappa shape index (κ2) is 7.32. The monoisotopic (exact) mass is 420 g/mol. The second-order valence-corrected chi connectivity index (χ2v) is 7.77. The van der Waals surface area contributed by atoms with Gasteiger partial charge in [0.05, 0.1) is 12.8 Å². The van der Waals surface area contributed by atoms with Crippen LogP contribution in [0.1, 0.15) is 6.23 Å². The molecule has 0 saturated carbocycles. The topological polar surface area (TPSA) is 238 Å². The number of aliphatic hydroxyl groups is 3. The zero-order valence-corrected chi connectivity index (χ0v) is 14.3. The van der Waals surface area contributed by atoms with Crippen LogP contribution in [-0.4, -0.2) is 64.5 Å². The molecule has 7 N–H and O–H groups in total. The largest absolute Gasteiger partial charge is 0.536 e. The van der Waals surface area contributed by atoms with Crippen molar-refractivity contribution in [3.8, 4) is 5.75 Å². The fraction of sp³-hybridized carbons (Fsp3) is 0.556. The molecule has 17 heteroatoms. The molecule has 1 aliphatic heterocycles. The number of phosphoric acid groups is 2. The molecule has 1 aromatic heterocycles. The van der Waals surface area contributed by atoms with Crippen LogP contribution in [0, 0.1) is 0 Å². The van der Waals surface area contributed by atoms with Gasteiger partial charge in [-0.3, -0.25) is 19.2 Å². The first-order valence-electron chi connectivity index (χ1n) is 6.62. The second-order valence-electron chi connectivity index (χ2n) is 5.02. The Balaban J connectivity index is 2.39. The molecule has 1 saturated heterocycles. The maximum Gasteiger partial charge on any atom is 0.536 e. The highest BCUT2D eigenvalue weighted by Crippen LogP contribution is 2.56. The number of aliphatic hydroxyl groups excluding tert-OH is 3. The summed E-state index contributed by atoms with van der Waals surface area (Å²) in [5, 5.41) is 28.6. The minimum atomic E-state index is -5.47. The number of aromatic nitrogens is 2. The van der Waals surface area contributed by atoms with Gasteiger partial charge in [-0.15, -0.1) is 0 Å². The molecule has 15 nitrogen and oxygen atoms in total. The summed E-state index contributed by atoms with van der Waals surface area (Å²) in [6.45, 7) is -0.710. The van der Waals surface area contributed by atoms with Crippen LogP contribution in [0.2, 0.25) is 0 Å². The van der Waals surface area contributed by atoms with Gasteiger partial charge < -0.3 is 34.4 Å². The molecule has 5 atom stereocenters. The van der Waals surface area contributed by atoms with Crippen molar-refractivity contribution in [2.75, 3.05) is 6.61 Å². The van der Waals surface area contributed by atoms with Crippen LogP contribution in [0.4, 0.5) is 0 Å². The SMILES string of the molecule is O=c1[nH]c(=O)n(C2OC(CO)C(O)C2O)cc1OP(=O)(O)OP(=O)(O)O. The number of hydrogen-bond donors (Lipinski definition) is 7. The molecule has 0 bridgehead atoms. The molecule has 0 aliphatic carbocycles. The van der Waals surface area contributed by atoms with E-state index in [0.29, 0.717) is 10.8 Å². The van der Waals surface area contributed by atoms with Gasteiger partial charge in [-0.25, -0.2) is 13.9 Å². The van der Waals surface area contributed by atoms with Crippen molar-refractivity contribution in [3.05, 3.63) is 27.0 Å². The van der Waals surface area contributed by atoms with Crippen molar-refractivity contribution < 1.29 is 52.7 Å². The van der Waals surface area contributed by atoms with Gasteiger partial charge in [-0.2, -0.15) is 4.31 Å². The van der Waals surface area contributed by atoms with Gasteiger partial charge in [0, 0.05) is 0 Å². The number of nitrogens with zero attached hydrogens (tertiary/aromatic N) is 1. The molecule has 0 radical (unpaired) electrons. The van der Waals surface area contributed by atoms with E-state index < -0.39 is 63.8 Å². The first-order valence-corrected chi connectivity index (χ1v) is 9.64. The van der Waals surface area contributed by atoms with Crippen molar-refractivity contribution in [3.63, 3.8) is 0 Å². The van der Waals surface area contributed by atoms with Crippen molar-refractivity contribution in [2.45, 2.75) is 24.5 Å². The fourth-order valence-electron chi connectivity index (χ4n) is 2.11. The van der Waals surface area contributed by atoms with E-state index in [9.17, 15) is 33.8 Å². The van der Waals surface area contributed by atoms with Gasteiger partial charge in [-0.1, -0.05) is 0 Å². The fourth-order valence-corrected chi connectivity index (χ4v) is 3.69. The lowest BCUT2D eigenvalue weighted by Crippen LogP contribution is -2.38. The standard InChI is InChI=1S/C9H14N2O13P2/c12-2-4-5(13)6(14)8(22-4)11-1-3(7(15)10-9(11)16)23-26(20,21)24-25(17,18)19/h1,4-6,8,12-14H,2H2,(H,20,21)(H,10,15,16)(H2,17,18,19). The van der Waals surface area contributed by atoms with Crippen LogP contribution in [-0.2, 0) is 18.2 Å². The number of hydrogen-bond acceptors (Lipinski definition) is 10. The van der Waals surface area contributed by atoms with E-state index in [-0.39, 0.29) is 0 Å². The summed E-state index contributed by atoms with van der Waals surface area (Å²) in [6, 6.07) is 0. The Bertz CT molecular complexity index is 873. The summed E-state index contributed by atoms with van der Waals surface area (Å²) in [4.78, 5) is 51.4. The van der Waals surface area contributed by atoms with E-state index in [0.717, 1.165) is 0 Å². The molecule has 1 fully saturated rings. The van der Waals surface area contributed by atoms with Gasteiger partial charge in [0.2, 0.25) is 5.75 Å². The van der Waals surface area contributed by atoms with Crippen molar-refractivity contribution in [1.29, 1.82) is 0 Å². The summed E-state index contributed by atoms with van der Waals surface area (Å²) in [6.07, 6.45) is -5.70. The molecule has 0 spiro atoms. The average Bonchev–Trinajstić information content (AvgIpc) is 2.75. The molecule has 2 heterocycles. The summed E-state index contributed by atoms with van der Waals surface area (Å²) >= 11 is 0.